The summed E-state index contributed by atoms with van der Waals surface area (Å²) in [5.41, 5.74) is 0. The fourth-order valence-electron chi connectivity index (χ4n) is 1.77. The maximum absolute atomic E-state index is 9.68. The van der Waals surface area contributed by atoms with Crippen molar-refractivity contribution >= 4 is 15.9 Å². The van der Waals surface area contributed by atoms with Crippen LogP contribution in [0.15, 0.2) is 0 Å². The molecule has 3 atom stereocenters. The van der Waals surface area contributed by atoms with Crippen molar-refractivity contribution in [3.8, 4) is 0 Å². The summed E-state index contributed by atoms with van der Waals surface area (Å²) in [6.45, 7) is 7.48. The Hall–Kier alpha value is 0.400. The summed E-state index contributed by atoms with van der Waals surface area (Å²) in [6.07, 6.45) is 1.02. The van der Waals surface area contributed by atoms with E-state index in [1.54, 1.807) is 0 Å². The van der Waals surface area contributed by atoms with Gasteiger partial charge >= 0.3 is 0 Å². The maximum atomic E-state index is 9.68. The zero-order valence-electron chi connectivity index (χ0n) is 8.54. The second kappa shape index (κ2) is 5.32. The second-order valence-corrected chi connectivity index (χ2v) is 5.00. The smallest absolute Gasteiger partial charge is 0.0693 e. The first-order valence-electron chi connectivity index (χ1n) is 5.10. The Morgan fingerprint density at radius 2 is 2.31 bits per heavy atom. The van der Waals surface area contributed by atoms with E-state index in [1.165, 1.54) is 0 Å². The molecule has 1 aliphatic rings. The van der Waals surface area contributed by atoms with Crippen molar-refractivity contribution in [1.29, 1.82) is 0 Å². The molecule has 0 aromatic rings. The summed E-state index contributed by atoms with van der Waals surface area (Å²) in [5, 5.41) is 10.7. The molecule has 13 heavy (non-hydrogen) atoms. The third kappa shape index (κ3) is 3.56. The molecule has 0 spiro atoms. The fourth-order valence-corrected chi connectivity index (χ4v) is 1.97. The summed E-state index contributed by atoms with van der Waals surface area (Å²) in [5.74, 6) is 1.16. The molecule has 2 nitrogen and oxygen atoms in total. The summed E-state index contributed by atoms with van der Waals surface area (Å²) in [6, 6.07) is 0. The van der Waals surface area contributed by atoms with Gasteiger partial charge in [-0.1, -0.05) is 29.8 Å². The average Bonchev–Trinajstić information content (AvgIpc) is 2.11. The number of aliphatic hydroxyl groups is 1. The van der Waals surface area contributed by atoms with Crippen LogP contribution in [0.3, 0.4) is 0 Å². The lowest BCUT2D eigenvalue weighted by atomic mass is 9.95. The number of hydrogen-bond donors (Lipinski definition) is 1. The molecular weight excluding hydrogens is 230 g/mol. The van der Waals surface area contributed by atoms with Crippen molar-refractivity contribution in [2.45, 2.75) is 26.4 Å². The van der Waals surface area contributed by atoms with Gasteiger partial charge in [-0.2, -0.15) is 0 Å². The summed E-state index contributed by atoms with van der Waals surface area (Å²) in [4.78, 5) is 2.37. The minimum atomic E-state index is -0.115. The molecular formula is C10H20BrNO. The topological polar surface area (TPSA) is 23.5 Å². The first kappa shape index (κ1) is 11.5. The fraction of sp³-hybridized carbons (Fsp3) is 1.00. The molecule has 0 aromatic heterocycles. The van der Waals surface area contributed by atoms with Crippen LogP contribution >= 0.6 is 15.9 Å². The van der Waals surface area contributed by atoms with E-state index in [4.69, 9.17) is 0 Å². The van der Waals surface area contributed by atoms with Gasteiger partial charge in [-0.15, -0.1) is 0 Å². The molecule has 3 unspecified atom stereocenters. The zero-order valence-corrected chi connectivity index (χ0v) is 10.1. The second-order valence-electron chi connectivity index (χ2n) is 4.35. The van der Waals surface area contributed by atoms with Gasteiger partial charge in [0.15, 0.2) is 0 Å². The Morgan fingerprint density at radius 1 is 1.62 bits per heavy atom. The zero-order chi connectivity index (χ0) is 9.84. The van der Waals surface area contributed by atoms with Gasteiger partial charge in [-0.3, -0.25) is 0 Å². The molecule has 0 amide bonds. The van der Waals surface area contributed by atoms with E-state index in [9.17, 15) is 5.11 Å². The minimum absolute atomic E-state index is 0.115. The Bertz CT molecular complexity index is 152. The van der Waals surface area contributed by atoms with E-state index in [2.05, 4.69) is 34.7 Å². The maximum Gasteiger partial charge on any atom is 0.0693 e. The van der Waals surface area contributed by atoms with Gasteiger partial charge in [0, 0.05) is 18.4 Å². The molecule has 1 fully saturated rings. The van der Waals surface area contributed by atoms with Crippen LogP contribution in [0, 0.1) is 11.8 Å². The molecule has 0 bridgehead atoms. The van der Waals surface area contributed by atoms with Gasteiger partial charge in [-0.05, 0) is 24.8 Å². The molecule has 1 heterocycles. The molecule has 1 rings (SSSR count). The third-order valence-corrected chi connectivity index (χ3v) is 3.94. The minimum Gasteiger partial charge on any atom is -0.392 e. The Morgan fingerprint density at radius 3 is 2.85 bits per heavy atom. The lowest BCUT2D eigenvalue weighted by molar-refractivity contribution is 0.0251. The van der Waals surface area contributed by atoms with Crippen LogP contribution in [-0.2, 0) is 0 Å². The van der Waals surface area contributed by atoms with E-state index < -0.39 is 0 Å². The van der Waals surface area contributed by atoms with E-state index in [-0.39, 0.29) is 6.10 Å². The largest absolute Gasteiger partial charge is 0.392 e. The Labute approximate surface area is 89.4 Å². The van der Waals surface area contributed by atoms with Crippen LogP contribution in [0.4, 0.5) is 0 Å². The number of alkyl halides is 1. The van der Waals surface area contributed by atoms with Crippen LogP contribution in [0.1, 0.15) is 20.3 Å². The molecule has 0 aromatic carbocycles. The van der Waals surface area contributed by atoms with E-state index >= 15 is 0 Å². The highest BCUT2D eigenvalue weighted by atomic mass is 79.9. The molecule has 0 saturated carbocycles. The Balaban J connectivity index is 2.29. The van der Waals surface area contributed by atoms with E-state index in [0.717, 1.165) is 31.4 Å². The molecule has 1 aliphatic heterocycles. The third-order valence-electron chi connectivity index (χ3n) is 2.84. The SMILES string of the molecule is CC(CBr)CN1CCC(C)C(O)C1. The van der Waals surface area contributed by atoms with Gasteiger partial charge < -0.3 is 10.0 Å². The predicted octanol–water partition coefficient (Wildman–Crippen LogP) is 1.72. The van der Waals surface area contributed by atoms with E-state index in [1.807, 2.05) is 0 Å². The highest BCUT2D eigenvalue weighted by Crippen LogP contribution is 2.18. The molecule has 78 valence electrons. The number of rotatable bonds is 3. The number of halogens is 1. The quantitative estimate of drug-likeness (QED) is 0.771. The first-order valence-corrected chi connectivity index (χ1v) is 6.22. The van der Waals surface area contributed by atoms with Crippen LogP contribution < -0.4 is 0 Å². The summed E-state index contributed by atoms with van der Waals surface area (Å²) >= 11 is 3.48. The van der Waals surface area contributed by atoms with Crippen molar-refractivity contribution in [3.63, 3.8) is 0 Å². The number of nitrogens with zero attached hydrogens (tertiary/aromatic N) is 1. The van der Waals surface area contributed by atoms with Gasteiger partial charge in [-0.25, -0.2) is 0 Å². The lowest BCUT2D eigenvalue weighted by Gasteiger charge is -2.35. The van der Waals surface area contributed by atoms with Gasteiger partial charge in [0.2, 0.25) is 0 Å². The number of aliphatic hydroxyl groups excluding tert-OH is 1. The number of β-amino-alcohol motifs (C(OH)–C–C–N with tert-alkyl or cyclic N) is 1. The van der Waals surface area contributed by atoms with Crippen molar-refractivity contribution in [1.82, 2.24) is 4.90 Å². The highest BCUT2D eigenvalue weighted by molar-refractivity contribution is 9.09. The van der Waals surface area contributed by atoms with Gasteiger partial charge in [0.25, 0.3) is 0 Å². The number of hydrogen-bond acceptors (Lipinski definition) is 2. The standard InChI is InChI=1S/C10H20BrNO/c1-8(5-11)6-12-4-3-9(2)10(13)7-12/h8-10,13H,3-7H2,1-2H3. The Kier molecular flexibility index (Phi) is 4.70. The number of piperidine rings is 1. The molecule has 1 saturated heterocycles. The normalized spacial score (nSPS) is 33.2. The van der Waals surface area contributed by atoms with Crippen molar-refractivity contribution in [2.75, 3.05) is 25.0 Å². The number of likely N-dealkylation sites (tertiary alicyclic amines) is 1. The summed E-state index contributed by atoms with van der Waals surface area (Å²) < 4.78 is 0. The molecule has 3 heteroatoms. The van der Waals surface area contributed by atoms with Crippen LogP contribution in [-0.4, -0.2) is 41.1 Å². The van der Waals surface area contributed by atoms with Crippen LogP contribution in [0.25, 0.3) is 0 Å². The van der Waals surface area contributed by atoms with Gasteiger partial charge in [0.1, 0.15) is 0 Å². The van der Waals surface area contributed by atoms with Crippen LogP contribution in [0.2, 0.25) is 0 Å². The van der Waals surface area contributed by atoms with Crippen LogP contribution in [0.5, 0.6) is 0 Å². The summed E-state index contributed by atoms with van der Waals surface area (Å²) in [7, 11) is 0. The van der Waals surface area contributed by atoms with Crippen molar-refractivity contribution in [3.05, 3.63) is 0 Å². The highest BCUT2D eigenvalue weighted by Gasteiger charge is 2.24. The molecule has 1 N–H and O–H groups in total. The van der Waals surface area contributed by atoms with Crippen molar-refractivity contribution < 1.29 is 5.11 Å². The average molecular weight is 250 g/mol. The monoisotopic (exact) mass is 249 g/mol. The van der Waals surface area contributed by atoms with Crippen molar-refractivity contribution in [2.24, 2.45) is 11.8 Å². The van der Waals surface area contributed by atoms with E-state index in [0.29, 0.717) is 11.8 Å². The predicted molar refractivity (Wildman–Crippen MR) is 59.2 cm³/mol. The molecule has 0 aliphatic carbocycles. The molecule has 0 radical (unpaired) electrons. The van der Waals surface area contributed by atoms with Gasteiger partial charge in [0.05, 0.1) is 6.10 Å². The first-order chi connectivity index (χ1) is 6.13. The lowest BCUT2D eigenvalue weighted by Crippen LogP contribution is -2.44.